The molecular formula is C17H26ClN5O3S. The van der Waals surface area contributed by atoms with E-state index >= 15 is 0 Å². The van der Waals surface area contributed by atoms with Gasteiger partial charge in [0, 0.05) is 32.7 Å². The van der Waals surface area contributed by atoms with E-state index in [9.17, 15) is 13.2 Å². The second kappa shape index (κ2) is 8.32. The van der Waals surface area contributed by atoms with Gasteiger partial charge in [0.2, 0.25) is 10.0 Å². The molecule has 2 saturated heterocycles. The van der Waals surface area contributed by atoms with Crippen LogP contribution in [0, 0.1) is 5.92 Å². The van der Waals surface area contributed by atoms with Crippen molar-refractivity contribution in [3.05, 3.63) is 28.7 Å². The summed E-state index contributed by atoms with van der Waals surface area (Å²) < 4.78 is 27.4. The molecule has 0 saturated carbocycles. The fourth-order valence-corrected chi connectivity index (χ4v) is 5.35. The van der Waals surface area contributed by atoms with Gasteiger partial charge in [0.05, 0.1) is 15.9 Å². The van der Waals surface area contributed by atoms with Gasteiger partial charge in [-0.2, -0.15) is 4.31 Å². The molecule has 0 amide bonds. The van der Waals surface area contributed by atoms with Gasteiger partial charge in [0.25, 0.3) is 0 Å². The molecule has 1 aromatic carbocycles. The van der Waals surface area contributed by atoms with Crippen molar-refractivity contribution in [2.45, 2.75) is 17.7 Å². The van der Waals surface area contributed by atoms with Crippen LogP contribution in [0.3, 0.4) is 0 Å². The number of hydrogen-bond acceptors (Lipinski definition) is 5. The van der Waals surface area contributed by atoms with Gasteiger partial charge >= 0.3 is 5.69 Å². The monoisotopic (exact) mass is 415 g/mol. The third-order valence-electron chi connectivity index (χ3n) is 5.43. The lowest BCUT2D eigenvalue weighted by molar-refractivity contribution is 0.152. The first-order chi connectivity index (χ1) is 12.5. The van der Waals surface area contributed by atoms with Crippen molar-refractivity contribution in [3.63, 3.8) is 0 Å². The topological polar surface area (TPSA) is 101 Å². The Bertz CT molecular complexity index is 927. The Morgan fingerprint density at radius 2 is 1.67 bits per heavy atom. The molecule has 3 heterocycles. The lowest BCUT2D eigenvalue weighted by Gasteiger charge is -2.36. The molecule has 3 N–H and O–H groups in total. The smallest absolute Gasteiger partial charge is 0.317 e. The number of nitrogens with zero attached hydrogens (tertiary/aromatic N) is 2. The van der Waals surface area contributed by atoms with Crippen LogP contribution >= 0.6 is 12.4 Å². The fourth-order valence-electron chi connectivity index (χ4n) is 3.90. The molecule has 2 fully saturated rings. The van der Waals surface area contributed by atoms with Gasteiger partial charge < -0.3 is 20.2 Å². The summed E-state index contributed by atoms with van der Waals surface area (Å²) in [6.45, 7) is 5.79. The largest absolute Gasteiger partial charge is 0.323 e. The standard InChI is InChI=1S/C17H25N5O3S.ClH/c23-17-19-15-2-1-14(11-16(15)20-17)26(24,25)22-9-7-21(8-10-22)12-13-3-5-18-6-4-13;/h1-2,11,13,18H,3-10,12H2,(H2,19,20,23);1H. The number of piperidine rings is 1. The molecule has 0 radical (unpaired) electrons. The Hall–Kier alpha value is -1.39. The fraction of sp³-hybridized carbons (Fsp3) is 0.588. The molecule has 2 aromatic rings. The van der Waals surface area contributed by atoms with Gasteiger partial charge in [-0.3, -0.25) is 0 Å². The summed E-state index contributed by atoms with van der Waals surface area (Å²) in [7, 11) is -3.54. The number of aromatic amines is 2. The quantitative estimate of drug-likeness (QED) is 0.678. The van der Waals surface area contributed by atoms with Gasteiger partial charge in [-0.1, -0.05) is 0 Å². The van der Waals surface area contributed by atoms with Gasteiger partial charge in [-0.05, 0) is 50.0 Å². The molecule has 150 valence electrons. The number of fused-ring (bicyclic) bond motifs is 1. The lowest BCUT2D eigenvalue weighted by Crippen LogP contribution is -2.50. The zero-order valence-corrected chi connectivity index (χ0v) is 16.7. The number of nitrogens with one attached hydrogen (secondary N) is 3. The van der Waals surface area contributed by atoms with E-state index in [0.29, 0.717) is 30.0 Å². The normalized spacial score (nSPS) is 20.6. The van der Waals surface area contributed by atoms with E-state index in [4.69, 9.17) is 0 Å². The van der Waals surface area contributed by atoms with Gasteiger partial charge in [-0.15, -0.1) is 12.4 Å². The van der Waals surface area contributed by atoms with E-state index < -0.39 is 10.0 Å². The molecule has 4 rings (SSSR count). The van der Waals surface area contributed by atoms with Crippen molar-refractivity contribution in [3.8, 4) is 0 Å². The number of aromatic nitrogens is 2. The first-order valence-electron chi connectivity index (χ1n) is 9.18. The number of hydrogen-bond donors (Lipinski definition) is 3. The zero-order chi connectivity index (χ0) is 18.1. The minimum Gasteiger partial charge on any atom is -0.317 e. The Morgan fingerprint density at radius 1 is 1.00 bits per heavy atom. The number of halogens is 1. The molecule has 27 heavy (non-hydrogen) atoms. The Balaban J connectivity index is 0.00000210. The van der Waals surface area contributed by atoms with Crippen molar-refractivity contribution in [2.75, 3.05) is 45.8 Å². The third kappa shape index (κ3) is 4.38. The summed E-state index contributed by atoms with van der Waals surface area (Å²) in [4.78, 5) is 19.2. The van der Waals surface area contributed by atoms with Crippen molar-refractivity contribution in [1.29, 1.82) is 0 Å². The highest BCUT2D eigenvalue weighted by atomic mass is 35.5. The van der Waals surface area contributed by atoms with Gasteiger partial charge in [0.15, 0.2) is 0 Å². The number of benzene rings is 1. The highest BCUT2D eigenvalue weighted by molar-refractivity contribution is 7.89. The molecule has 0 spiro atoms. The Kier molecular flexibility index (Phi) is 6.27. The number of piperazine rings is 1. The maximum Gasteiger partial charge on any atom is 0.323 e. The van der Waals surface area contributed by atoms with Gasteiger partial charge in [0.1, 0.15) is 0 Å². The Labute approximate surface area is 164 Å². The summed E-state index contributed by atoms with van der Waals surface area (Å²) >= 11 is 0. The summed E-state index contributed by atoms with van der Waals surface area (Å²) in [5.41, 5.74) is 0.794. The van der Waals surface area contributed by atoms with Crippen LogP contribution in [0.1, 0.15) is 12.8 Å². The SMILES string of the molecule is Cl.O=c1[nH]c2ccc(S(=O)(=O)N3CCN(CC4CCNCC4)CC3)cc2[nH]1. The van der Waals surface area contributed by atoms with E-state index in [2.05, 4.69) is 20.2 Å². The maximum atomic E-state index is 12.9. The summed E-state index contributed by atoms with van der Waals surface area (Å²) in [5.74, 6) is 0.715. The number of rotatable bonds is 4. The van der Waals surface area contributed by atoms with Gasteiger partial charge in [-0.25, -0.2) is 13.2 Å². The molecule has 2 aliphatic heterocycles. The predicted molar refractivity (Wildman–Crippen MR) is 107 cm³/mol. The van der Waals surface area contributed by atoms with Crippen LogP contribution < -0.4 is 11.0 Å². The number of sulfonamides is 1. The minimum atomic E-state index is -3.54. The van der Waals surface area contributed by atoms with Crippen LogP contribution in [-0.2, 0) is 10.0 Å². The molecule has 8 nitrogen and oxygen atoms in total. The number of imidazole rings is 1. The van der Waals surface area contributed by atoms with Crippen molar-refractivity contribution in [2.24, 2.45) is 5.92 Å². The third-order valence-corrected chi connectivity index (χ3v) is 7.33. The van der Waals surface area contributed by atoms with E-state index in [1.807, 2.05) is 0 Å². The summed E-state index contributed by atoms with van der Waals surface area (Å²) in [6, 6.07) is 4.72. The summed E-state index contributed by atoms with van der Waals surface area (Å²) in [5, 5.41) is 3.38. The Morgan fingerprint density at radius 3 is 2.37 bits per heavy atom. The predicted octanol–water partition coefficient (Wildman–Crippen LogP) is 0.584. The lowest BCUT2D eigenvalue weighted by atomic mass is 9.97. The van der Waals surface area contributed by atoms with E-state index in [1.165, 1.54) is 18.9 Å². The van der Waals surface area contributed by atoms with Crippen LogP contribution in [0.25, 0.3) is 11.0 Å². The molecule has 0 atom stereocenters. The molecule has 2 aliphatic rings. The molecule has 0 bridgehead atoms. The highest BCUT2D eigenvalue weighted by Gasteiger charge is 2.29. The molecule has 0 aliphatic carbocycles. The van der Waals surface area contributed by atoms with Crippen LogP contribution in [0.2, 0.25) is 0 Å². The van der Waals surface area contributed by atoms with Crippen LogP contribution in [-0.4, -0.2) is 73.4 Å². The van der Waals surface area contributed by atoms with E-state index in [0.717, 1.165) is 32.7 Å². The average Bonchev–Trinajstić information content (AvgIpc) is 3.02. The summed E-state index contributed by atoms with van der Waals surface area (Å²) in [6.07, 6.45) is 2.40. The van der Waals surface area contributed by atoms with E-state index in [1.54, 1.807) is 16.4 Å². The van der Waals surface area contributed by atoms with Crippen molar-refractivity contribution in [1.82, 2.24) is 24.5 Å². The minimum absolute atomic E-state index is 0. The second-order valence-electron chi connectivity index (χ2n) is 7.18. The molecule has 1 aromatic heterocycles. The van der Waals surface area contributed by atoms with Crippen LogP contribution in [0.15, 0.2) is 27.9 Å². The average molecular weight is 416 g/mol. The molecule has 10 heteroatoms. The first kappa shape index (κ1) is 20.3. The first-order valence-corrected chi connectivity index (χ1v) is 10.6. The van der Waals surface area contributed by atoms with Crippen LogP contribution in [0.5, 0.6) is 0 Å². The zero-order valence-electron chi connectivity index (χ0n) is 15.1. The van der Waals surface area contributed by atoms with Crippen LogP contribution in [0.4, 0.5) is 0 Å². The van der Waals surface area contributed by atoms with Crippen molar-refractivity contribution < 1.29 is 8.42 Å². The molecule has 0 unspecified atom stereocenters. The number of H-pyrrole nitrogens is 2. The maximum absolute atomic E-state index is 12.9. The second-order valence-corrected chi connectivity index (χ2v) is 9.12. The molecular weight excluding hydrogens is 390 g/mol. The van der Waals surface area contributed by atoms with E-state index in [-0.39, 0.29) is 23.0 Å². The highest BCUT2D eigenvalue weighted by Crippen LogP contribution is 2.21. The van der Waals surface area contributed by atoms with Crippen molar-refractivity contribution >= 4 is 33.5 Å².